The molecule has 6 nitrogen and oxygen atoms in total. The van der Waals surface area contributed by atoms with Gasteiger partial charge in [-0.2, -0.15) is 0 Å². The molecule has 1 amide bonds. The molecule has 1 aliphatic rings. The minimum atomic E-state index is -0.334. The normalized spacial score (nSPS) is 15.5. The summed E-state index contributed by atoms with van der Waals surface area (Å²) in [5.41, 5.74) is 2.61. The van der Waals surface area contributed by atoms with Gasteiger partial charge in [0.15, 0.2) is 0 Å². The maximum Gasteiger partial charge on any atom is 0.268 e. The minimum Gasteiger partial charge on any atom is -0.467 e. The van der Waals surface area contributed by atoms with Crippen LogP contribution in [0.4, 0.5) is 0 Å². The molecule has 1 aromatic heterocycles. The van der Waals surface area contributed by atoms with Gasteiger partial charge in [-0.15, -0.1) is 0 Å². The van der Waals surface area contributed by atoms with Gasteiger partial charge in [0.2, 0.25) is 0 Å². The third-order valence-corrected chi connectivity index (χ3v) is 3.66. The summed E-state index contributed by atoms with van der Waals surface area (Å²) in [5, 5.41) is 8.96. The molecule has 1 saturated carbocycles. The van der Waals surface area contributed by atoms with E-state index in [2.05, 4.69) is 10.3 Å². The smallest absolute Gasteiger partial charge is 0.268 e. The summed E-state index contributed by atoms with van der Waals surface area (Å²) < 4.78 is 5.40. The monoisotopic (exact) mass is 267 g/mol. The van der Waals surface area contributed by atoms with Crippen molar-refractivity contribution in [2.45, 2.75) is 38.3 Å². The summed E-state index contributed by atoms with van der Waals surface area (Å²) in [4.78, 5) is 13.9. The molecule has 0 bridgehead atoms. The highest BCUT2D eigenvalue weighted by atomic mass is 16.3. The Morgan fingerprint density at radius 1 is 1.58 bits per heavy atom. The van der Waals surface area contributed by atoms with Gasteiger partial charge in [-0.1, -0.05) is 6.42 Å². The topological polar surface area (TPSA) is 91.7 Å². The molecule has 0 aromatic carbocycles. The van der Waals surface area contributed by atoms with Gasteiger partial charge < -0.3 is 9.52 Å². The average Bonchev–Trinajstić information content (AvgIpc) is 2.81. The van der Waals surface area contributed by atoms with E-state index in [0.717, 1.165) is 13.0 Å². The number of hydrogen-bond donors (Lipinski definition) is 3. The van der Waals surface area contributed by atoms with Gasteiger partial charge in [0.25, 0.3) is 5.91 Å². The molecule has 4 N–H and O–H groups in total. The highest BCUT2D eigenvalue weighted by Gasteiger charge is 2.26. The SMILES string of the molecule is NNC(=O)c1ccoc1CN(CCCO)C1CCC1. The molecule has 1 aromatic rings. The lowest BCUT2D eigenvalue weighted by atomic mass is 9.91. The fourth-order valence-electron chi connectivity index (χ4n) is 2.34. The first-order valence-electron chi connectivity index (χ1n) is 6.68. The predicted octanol–water partition coefficient (Wildman–Crippen LogP) is 0.620. The van der Waals surface area contributed by atoms with E-state index in [9.17, 15) is 4.79 Å². The molecule has 1 fully saturated rings. The number of carbonyl (C=O) groups excluding carboxylic acids is 1. The van der Waals surface area contributed by atoms with Crippen LogP contribution in [0.15, 0.2) is 16.7 Å². The van der Waals surface area contributed by atoms with Crippen molar-refractivity contribution in [1.29, 1.82) is 0 Å². The van der Waals surface area contributed by atoms with E-state index in [1.54, 1.807) is 6.07 Å². The van der Waals surface area contributed by atoms with Gasteiger partial charge >= 0.3 is 0 Å². The number of nitrogens with one attached hydrogen (secondary N) is 1. The van der Waals surface area contributed by atoms with Crippen LogP contribution in [0.1, 0.15) is 41.8 Å². The number of rotatable bonds is 7. The summed E-state index contributed by atoms with van der Waals surface area (Å²) >= 11 is 0. The Bertz CT molecular complexity index is 415. The van der Waals surface area contributed by atoms with E-state index in [1.165, 1.54) is 25.5 Å². The minimum absolute atomic E-state index is 0.178. The number of nitrogens with zero attached hydrogens (tertiary/aromatic N) is 1. The molecule has 106 valence electrons. The number of carbonyl (C=O) groups is 1. The standard InChI is InChI=1S/C13H21N3O3/c14-15-13(18)11-5-8-19-12(11)9-16(6-2-7-17)10-3-1-4-10/h5,8,10,17H,1-4,6-7,9,14H2,(H,15,18). The highest BCUT2D eigenvalue weighted by Crippen LogP contribution is 2.27. The number of aliphatic hydroxyl groups is 1. The Kier molecular flexibility index (Phi) is 4.95. The van der Waals surface area contributed by atoms with Crippen molar-refractivity contribution in [3.8, 4) is 0 Å². The quantitative estimate of drug-likeness (QED) is 0.383. The summed E-state index contributed by atoms with van der Waals surface area (Å²) in [6.45, 7) is 1.57. The van der Waals surface area contributed by atoms with Crippen molar-refractivity contribution in [3.63, 3.8) is 0 Å². The fourth-order valence-corrected chi connectivity index (χ4v) is 2.34. The van der Waals surface area contributed by atoms with Crippen LogP contribution in [0.5, 0.6) is 0 Å². The van der Waals surface area contributed by atoms with Gasteiger partial charge in [0.05, 0.1) is 18.4 Å². The number of nitrogen functional groups attached to an aromatic ring is 1. The van der Waals surface area contributed by atoms with Crippen molar-refractivity contribution < 1.29 is 14.3 Å². The van der Waals surface area contributed by atoms with Crippen molar-refractivity contribution in [3.05, 3.63) is 23.7 Å². The van der Waals surface area contributed by atoms with Crippen molar-refractivity contribution in [2.75, 3.05) is 13.2 Å². The van der Waals surface area contributed by atoms with Crippen LogP contribution >= 0.6 is 0 Å². The molecule has 0 aliphatic heterocycles. The lowest BCUT2D eigenvalue weighted by molar-refractivity contribution is 0.0922. The Hall–Kier alpha value is -1.37. The molecular weight excluding hydrogens is 246 g/mol. The fraction of sp³-hybridized carbons (Fsp3) is 0.615. The van der Waals surface area contributed by atoms with Gasteiger partial charge in [0.1, 0.15) is 5.76 Å². The average molecular weight is 267 g/mol. The van der Waals surface area contributed by atoms with Gasteiger partial charge in [0, 0.05) is 19.2 Å². The first-order chi connectivity index (χ1) is 9.26. The molecule has 1 heterocycles. The van der Waals surface area contributed by atoms with Crippen LogP contribution < -0.4 is 11.3 Å². The molecule has 0 atom stereocenters. The Labute approximate surface area is 112 Å². The van der Waals surface area contributed by atoms with Gasteiger partial charge in [-0.25, -0.2) is 5.84 Å². The molecule has 0 spiro atoms. The summed E-state index contributed by atoms with van der Waals surface area (Å²) in [7, 11) is 0. The highest BCUT2D eigenvalue weighted by molar-refractivity contribution is 5.94. The first kappa shape index (κ1) is 14.0. The van der Waals surface area contributed by atoms with E-state index in [1.807, 2.05) is 0 Å². The second-order valence-corrected chi connectivity index (χ2v) is 4.86. The van der Waals surface area contributed by atoms with Crippen molar-refractivity contribution in [1.82, 2.24) is 10.3 Å². The predicted molar refractivity (Wildman–Crippen MR) is 70.1 cm³/mol. The number of hydrazine groups is 1. The summed E-state index contributed by atoms with van der Waals surface area (Å²) in [5.74, 6) is 5.45. The van der Waals surface area contributed by atoms with E-state index in [4.69, 9.17) is 15.4 Å². The van der Waals surface area contributed by atoms with E-state index in [-0.39, 0.29) is 12.5 Å². The molecular formula is C13H21N3O3. The zero-order valence-electron chi connectivity index (χ0n) is 11.0. The third kappa shape index (κ3) is 3.34. The zero-order valence-corrected chi connectivity index (χ0v) is 11.0. The largest absolute Gasteiger partial charge is 0.467 e. The molecule has 0 saturated heterocycles. The summed E-state index contributed by atoms with van der Waals surface area (Å²) in [6.07, 6.45) is 5.82. The second-order valence-electron chi connectivity index (χ2n) is 4.86. The molecule has 1 aliphatic carbocycles. The Morgan fingerprint density at radius 2 is 2.37 bits per heavy atom. The second kappa shape index (κ2) is 6.70. The molecule has 0 unspecified atom stereocenters. The lowest BCUT2D eigenvalue weighted by Gasteiger charge is -2.37. The molecule has 2 rings (SSSR count). The van der Waals surface area contributed by atoms with Gasteiger partial charge in [-0.05, 0) is 25.3 Å². The molecule has 6 heteroatoms. The van der Waals surface area contributed by atoms with Gasteiger partial charge in [-0.3, -0.25) is 15.1 Å². The van der Waals surface area contributed by atoms with E-state index < -0.39 is 0 Å². The van der Waals surface area contributed by atoms with Crippen LogP contribution in [0, 0.1) is 0 Å². The van der Waals surface area contributed by atoms with Crippen LogP contribution in [-0.4, -0.2) is 35.1 Å². The maximum atomic E-state index is 11.6. The van der Waals surface area contributed by atoms with Crippen molar-refractivity contribution >= 4 is 5.91 Å². The van der Waals surface area contributed by atoms with Crippen LogP contribution in [-0.2, 0) is 6.54 Å². The summed E-state index contributed by atoms with van der Waals surface area (Å²) in [6, 6.07) is 2.16. The van der Waals surface area contributed by atoms with Crippen molar-refractivity contribution in [2.24, 2.45) is 5.84 Å². The molecule has 0 radical (unpaired) electrons. The number of amides is 1. The lowest BCUT2D eigenvalue weighted by Crippen LogP contribution is -2.41. The van der Waals surface area contributed by atoms with Crippen LogP contribution in [0.3, 0.4) is 0 Å². The number of furan rings is 1. The Balaban J connectivity index is 2.03. The zero-order chi connectivity index (χ0) is 13.7. The number of aliphatic hydroxyl groups excluding tert-OH is 1. The number of nitrogens with two attached hydrogens (primary N) is 1. The Morgan fingerprint density at radius 3 is 2.95 bits per heavy atom. The van der Waals surface area contributed by atoms with E-state index in [0.29, 0.717) is 23.9 Å². The van der Waals surface area contributed by atoms with E-state index >= 15 is 0 Å². The number of hydrogen-bond acceptors (Lipinski definition) is 5. The first-order valence-corrected chi connectivity index (χ1v) is 6.68. The van der Waals surface area contributed by atoms with Crippen LogP contribution in [0.25, 0.3) is 0 Å². The molecule has 19 heavy (non-hydrogen) atoms. The van der Waals surface area contributed by atoms with Crippen LogP contribution in [0.2, 0.25) is 0 Å². The maximum absolute atomic E-state index is 11.6. The third-order valence-electron chi connectivity index (χ3n) is 3.66.